The van der Waals surface area contributed by atoms with Gasteiger partial charge >= 0.3 is 0 Å². The van der Waals surface area contributed by atoms with Crippen molar-refractivity contribution in [1.29, 1.82) is 0 Å². The highest BCUT2D eigenvalue weighted by molar-refractivity contribution is 5.76. The molecule has 1 amide bonds. The van der Waals surface area contributed by atoms with Gasteiger partial charge in [0.25, 0.3) is 5.69 Å². The summed E-state index contributed by atoms with van der Waals surface area (Å²) in [4.78, 5) is 26.6. The summed E-state index contributed by atoms with van der Waals surface area (Å²) in [6, 6.07) is 6.61. The van der Waals surface area contributed by atoms with Crippen molar-refractivity contribution in [2.75, 3.05) is 31.1 Å². The Morgan fingerprint density at radius 3 is 2.30 bits per heavy atom. The average Bonchev–Trinajstić information content (AvgIpc) is 2.59. The topological polar surface area (TPSA) is 66.7 Å². The van der Waals surface area contributed by atoms with Crippen LogP contribution in [-0.4, -0.2) is 41.9 Å². The molecule has 1 aromatic rings. The molecule has 1 heterocycles. The summed E-state index contributed by atoms with van der Waals surface area (Å²) in [5.41, 5.74) is 1.08. The van der Waals surface area contributed by atoms with Gasteiger partial charge in [-0.2, -0.15) is 0 Å². The number of non-ortho nitro benzene ring substituents is 1. The molecule has 2 rings (SSSR count). The van der Waals surface area contributed by atoms with Crippen molar-refractivity contribution in [3.63, 3.8) is 0 Å². The molecule has 1 aliphatic rings. The number of hydrogen-bond donors (Lipinski definition) is 0. The second kappa shape index (κ2) is 8.50. The van der Waals surface area contributed by atoms with Crippen molar-refractivity contribution < 1.29 is 9.72 Å². The van der Waals surface area contributed by atoms with Crippen LogP contribution in [-0.2, 0) is 4.79 Å². The van der Waals surface area contributed by atoms with Gasteiger partial charge in [0.1, 0.15) is 0 Å². The predicted molar refractivity (Wildman–Crippen MR) is 90.6 cm³/mol. The number of nitro groups is 1. The van der Waals surface area contributed by atoms with E-state index < -0.39 is 0 Å². The summed E-state index contributed by atoms with van der Waals surface area (Å²) in [5, 5.41) is 10.7. The fourth-order valence-electron chi connectivity index (χ4n) is 2.86. The summed E-state index contributed by atoms with van der Waals surface area (Å²) >= 11 is 0. The number of unbranched alkanes of at least 4 members (excludes halogenated alkanes) is 3. The monoisotopic (exact) mass is 319 g/mol. The number of hydrogen-bond acceptors (Lipinski definition) is 4. The van der Waals surface area contributed by atoms with E-state index in [-0.39, 0.29) is 16.5 Å². The second-order valence-corrected chi connectivity index (χ2v) is 5.95. The van der Waals surface area contributed by atoms with E-state index in [4.69, 9.17) is 0 Å². The zero-order valence-corrected chi connectivity index (χ0v) is 13.7. The Labute approximate surface area is 137 Å². The number of nitrogens with zero attached hydrogens (tertiary/aromatic N) is 3. The van der Waals surface area contributed by atoms with Crippen molar-refractivity contribution >= 4 is 17.3 Å². The van der Waals surface area contributed by atoms with Crippen LogP contribution in [0.25, 0.3) is 0 Å². The Morgan fingerprint density at radius 2 is 1.74 bits per heavy atom. The van der Waals surface area contributed by atoms with Crippen LogP contribution >= 0.6 is 0 Å². The molecular weight excluding hydrogens is 294 g/mol. The molecule has 0 N–H and O–H groups in total. The molecule has 23 heavy (non-hydrogen) atoms. The molecule has 0 radical (unpaired) electrons. The summed E-state index contributed by atoms with van der Waals surface area (Å²) < 4.78 is 0. The van der Waals surface area contributed by atoms with E-state index in [0.29, 0.717) is 6.42 Å². The Hall–Kier alpha value is -2.11. The van der Waals surface area contributed by atoms with E-state index in [1.807, 2.05) is 4.90 Å². The fraction of sp³-hybridized carbons (Fsp3) is 0.588. The highest BCUT2D eigenvalue weighted by atomic mass is 16.6. The number of amides is 1. The van der Waals surface area contributed by atoms with Gasteiger partial charge in [-0.15, -0.1) is 0 Å². The first-order valence-corrected chi connectivity index (χ1v) is 8.39. The SMILES string of the molecule is CCCCCCC(=O)N1CCN(c2ccc([N+](=O)[O-])cc2)CC1. The molecule has 1 saturated heterocycles. The number of rotatable bonds is 7. The zero-order chi connectivity index (χ0) is 16.7. The van der Waals surface area contributed by atoms with Gasteiger partial charge in [0.2, 0.25) is 5.91 Å². The van der Waals surface area contributed by atoms with Crippen molar-refractivity contribution in [3.05, 3.63) is 34.4 Å². The van der Waals surface area contributed by atoms with Gasteiger partial charge in [0.05, 0.1) is 4.92 Å². The van der Waals surface area contributed by atoms with Crippen LogP contribution in [0.1, 0.15) is 39.0 Å². The maximum absolute atomic E-state index is 12.2. The van der Waals surface area contributed by atoms with Crippen LogP contribution in [0.3, 0.4) is 0 Å². The van der Waals surface area contributed by atoms with Gasteiger partial charge in [0.15, 0.2) is 0 Å². The molecule has 0 saturated carbocycles. The predicted octanol–water partition coefficient (Wildman–Crippen LogP) is 3.21. The highest BCUT2D eigenvalue weighted by Gasteiger charge is 2.21. The lowest BCUT2D eigenvalue weighted by atomic mass is 10.1. The number of piperazine rings is 1. The lowest BCUT2D eigenvalue weighted by Gasteiger charge is -2.36. The van der Waals surface area contributed by atoms with Gasteiger partial charge in [-0.05, 0) is 18.6 Å². The molecule has 0 spiro atoms. The molecule has 1 aromatic carbocycles. The first-order valence-electron chi connectivity index (χ1n) is 8.39. The molecule has 1 fully saturated rings. The van der Waals surface area contributed by atoms with Crippen molar-refractivity contribution in [3.8, 4) is 0 Å². The van der Waals surface area contributed by atoms with Gasteiger partial charge in [-0.3, -0.25) is 14.9 Å². The maximum atomic E-state index is 12.2. The number of carbonyl (C=O) groups is 1. The summed E-state index contributed by atoms with van der Waals surface area (Å²) in [5.74, 6) is 0.254. The Bertz CT molecular complexity index is 522. The van der Waals surface area contributed by atoms with Crippen molar-refractivity contribution in [2.24, 2.45) is 0 Å². The summed E-state index contributed by atoms with van der Waals surface area (Å²) in [7, 11) is 0. The highest BCUT2D eigenvalue weighted by Crippen LogP contribution is 2.21. The Morgan fingerprint density at radius 1 is 1.09 bits per heavy atom. The number of benzene rings is 1. The lowest BCUT2D eigenvalue weighted by molar-refractivity contribution is -0.384. The normalized spacial score (nSPS) is 14.8. The first kappa shape index (κ1) is 17.2. The van der Waals surface area contributed by atoms with E-state index in [1.165, 1.54) is 25.0 Å². The molecule has 0 atom stereocenters. The third-order valence-corrected chi connectivity index (χ3v) is 4.30. The van der Waals surface area contributed by atoms with E-state index >= 15 is 0 Å². The molecular formula is C17H25N3O3. The summed E-state index contributed by atoms with van der Waals surface area (Å²) in [6.45, 7) is 5.17. The number of nitro benzene ring substituents is 1. The van der Waals surface area contributed by atoms with Crippen LogP contribution < -0.4 is 4.90 Å². The lowest BCUT2D eigenvalue weighted by Crippen LogP contribution is -2.48. The standard InChI is InChI=1S/C17H25N3O3/c1-2-3-4-5-6-17(21)19-13-11-18(12-14-19)15-7-9-16(10-8-15)20(22)23/h7-10H,2-6,11-14H2,1H3. The molecule has 1 aliphatic heterocycles. The van der Waals surface area contributed by atoms with Crippen LogP contribution in [0.15, 0.2) is 24.3 Å². The minimum absolute atomic E-state index is 0.106. The van der Waals surface area contributed by atoms with E-state index in [0.717, 1.165) is 44.7 Å². The van der Waals surface area contributed by atoms with Crippen LogP contribution in [0, 0.1) is 10.1 Å². The third-order valence-electron chi connectivity index (χ3n) is 4.30. The van der Waals surface area contributed by atoms with Crippen molar-refractivity contribution in [2.45, 2.75) is 39.0 Å². The maximum Gasteiger partial charge on any atom is 0.269 e. The van der Waals surface area contributed by atoms with E-state index in [9.17, 15) is 14.9 Å². The van der Waals surface area contributed by atoms with E-state index in [2.05, 4.69) is 11.8 Å². The molecule has 0 unspecified atom stereocenters. The fourth-order valence-corrected chi connectivity index (χ4v) is 2.86. The number of carbonyl (C=O) groups excluding carboxylic acids is 1. The molecule has 6 heteroatoms. The molecule has 0 bridgehead atoms. The Kier molecular flexibility index (Phi) is 6.38. The van der Waals surface area contributed by atoms with Gasteiger partial charge < -0.3 is 9.80 Å². The van der Waals surface area contributed by atoms with Gasteiger partial charge in [0, 0.05) is 50.4 Å². The number of anilines is 1. The minimum atomic E-state index is -0.390. The van der Waals surface area contributed by atoms with Crippen LogP contribution in [0.5, 0.6) is 0 Å². The molecule has 6 nitrogen and oxygen atoms in total. The third kappa shape index (κ3) is 4.94. The smallest absolute Gasteiger partial charge is 0.269 e. The quantitative estimate of drug-likeness (QED) is 0.440. The van der Waals surface area contributed by atoms with Gasteiger partial charge in [-0.1, -0.05) is 26.2 Å². The average molecular weight is 319 g/mol. The molecule has 0 aromatic heterocycles. The van der Waals surface area contributed by atoms with Crippen LogP contribution in [0.2, 0.25) is 0 Å². The second-order valence-electron chi connectivity index (χ2n) is 5.95. The largest absolute Gasteiger partial charge is 0.368 e. The van der Waals surface area contributed by atoms with Crippen molar-refractivity contribution in [1.82, 2.24) is 4.90 Å². The van der Waals surface area contributed by atoms with E-state index in [1.54, 1.807) is 12.1 Å². The van der Waals surface area contributed by atoms with Gasteiger partial charge in [-0.25, -0.2) is 0 Å². The first-order chi connectivity index (χ1) is 11.1. The molecule has 126 valence electrons. The van der Waals surface area contributed by atoms with Crippen LogP contribution in [0.4, 0.5) is 11.4 Å². The molecule has 0 aliphatic carbocycles. The Balaban J connectivity index is 1.79. The summed E-state index contributed by atoms with van der Waals surface area (Å²) in [6.07, 6.45) is 5.14. The minimum Gasteiger partial charge on any atom is -0.368 e. The zero-order valence-electron chi connectivity index (χ0n) is 13.7.